The highest BCUT2D eigenvalue weighted by Crippen LogP contribution is 2.33. The highest BCUT2D eigenvalue weighted by atomic mass is 16.3. The van der Waals surface area contributed by atoms with Crippen molar-refractivity contribution < 1.29 is 19.5 Å². The van der Waals surface area contributed by atoms with Crippen LogP contribution < -0.4 is 10.6 Å². The highest BCUT2D eigenvalue weighted by Gasteiger charge is 2.48. The second-order valence-electron chi connectivity index (χ2n) is 4.99. The van der Waals surface area contributed by atoms with Gasteiger partial charge in [-0.25, -0.2) is 4.79 Å². The molecule has 1 rings (SSSR count). The average Bonchev–Trinajstić information content (AvgIpc) is 2.15. The molecule has 0 bridgehead atoms. The third-order valence-electron chi connectivity index (χ3n) is 3.09. The zero-order valence-corrected chi connectivity index (χ0v) is 10.3. The first kappa shape index (κ1) is 13.6. The van der Waals surface area contributed by atoms with Gasteiger partial charge in [0.05, 0.1) is 5.60 Å². The molecule has 1 fully saturated rings. The molecule has 0 unspecified atom stereocenters. The van der Waals surface area contributed by atoms with Crippen LogP contribution in [-0.2, 0) is 9.59 Å². The van der Waals surface area contributed by atoms with Crippen LogP contribution in [-0.4, -0.2) is 28.6 Å². The monoisotopic (exact) mass is 242 g/mol. The van der Waals surface area contributed by atoms with Gasteiger partial charge in [0.15, 0.2) is 0 Å². The van der Waals surface area contributed by atoms with Crippen molar-refractivity contribution in [1.82, 2.24) is 10.6 Å². The van der Waals surface area contributed by atoms with E-state index in [4.69, 9.17) is 0 Å². The molecule has 0 aromatic heterocycles. The Morgan fingerprint density at radius 1 is 1.18 bits per heavy atom. The topological polar surface area (TPSA) is 95.5 Å². The number of nitrogens with one attached hydrogen (secondary N) is 2. The van der Waals surface area contributed by atoms with E-state index in [9.17, 15) is 19.5 Å². The quantitative estimate of drug-likeness (QED) is 0.618. The molecule has 1 aliphatic rings. The summed E-state index contributed by atoms with van der Waals surface area (Å²) in [5.41, 5.74) is -2.21. The number of hydrogen-bond donors (Lipinski definition) is 3. The van der Waals surface area contributed by atoms with E-state index in [-0.39, 0.29) is 12.8 Å². The third kappa shape index (κ3) is 2.82. The first-order valence-corrected chi connectivity index (χ1v) is 5.60. The van der Waals surface area contributed by atoms with Gasteiger partial charge >= 0.3 is 6.03 Å². The van der Waals surface area contributed by atoms with Crippen LogP contribution in [0.15, 0.2) is 0 Å². The lowest BCUT2D eigenvalue weighted by molar-refractivity contribution is -0.145. The standard InChI is InChI=1S/C11H18N2O4/c1-4-11(6-5-10(2,3)17)7(14)12-9(16)13-8(11)15/h17H,4-6H2,1-3H3,(H2,12,13,14,15,16). The summed E-state index contributed by atoms with van der Waals surface area (Å²) < 4.78 is 0. The molecule has 0 saturated carbocycles. The number of rotatable bonds is 4. The second-order valence-corrected chi connectivity index (χ2v) is 4.99. The molecule has 0 radical (unpaired) electrons. The number of imide groups is 2. The lowest BCUT2D eigenvalue weighted by Crippen LogP contribution is -2.62. The summed E-state index contributed by atoms with van der Waals surface area (Å²) in [4.78, 5) is 34.6. The molecule has 1 heterocycles. The number of carbonyl (C=O) groups is 3. The Bertz CT molecular complexity index is 337. The van der Waals surface area contributed by atoms with Gasteiger partial charge in [-0.15, -0.1) is 0 Å². The van der Waals surface area contributed by atoms with E-state index in [0.717, 1.165) is 0 Å². The largest absolute Gasteiger partial charge is 0.390 e. The number of amides is 4. The van der Waals surface area contributed by atoms with E-state index >= 15 is 0 Å². The molecular formula is C11H18N2O4. The molecule has 6 nitrogen and oxygen atoms in total. The predicted molar refractivity (Wildman–Crippen MR) is 59.9 cm³/mol. The summed E-state index contributed by atoms with van der Waals surface area (Å²) in [6.07, 6.45) is 0.793. The van der Waals surface area contributed by atoms with Crippen molar-refractivity contribution in [3.05, 3.63) is 0 Å². The zero-order valence-electron chi connectivity index (χ0n) is 10.3. The molecule has 1 saturated heterocycles. The van der Waals surface area contributed by atoms with Gasteiger partial charge in [0.1, 0.15) is 5.41 Å². The van der Waals surface area contributed by atoms with Crippen LogP contribution in [0.2, 0.25) is 0 Å². The van der Waals surface area contributed by atoms with Gasteiger partial charge < -0.3 is 5.11 Å². The van der Waals surface area contributed by atoms with Crippen LogP contribution in [0.3, 0.4) is 0 Å². The minimum atomic E-state index is -1.26. The van der Waals surface area contributed by atoms with Crippen LogP contribution in [0.5, 0.6) is 0 Å². The van der Waals surface area contributed by atoms with E-state index in [1.165, 1.54) is 0 Å². The van der Waals surface area contributed by atoms with Crippen molar-refractivity contribution in [2.45, 2.75) is 45.6 Å². The molecule has 17 heavy (non-hydrogen) atoms. The fourth-order valence-electron chi connectivity index (χ4n) is 1.82. The van der Waals surface area contributed by atoms with Crippen molar-refractivity contribution in [2.24, 2.45) is 5.41 Å². The van der Waals surface area contributed by atoms with Gasteiger partial charge in [-0.2, -0.15) is 0 Å². The van der Waals surface area contributed by atoms with E-state index in [1.54, 1.807) is 20.8 Å². The van der Waals surface area contributed by atoms with Crippen LogP contribution in [0.4, 0.5) is 4.79 Å². The predicted octanol–water partition coefficient (Wildman–Crippen LogP) is 0.300. The van der Waals surface area contributed by atoms with Crippen LogP contribution >= 0.6 is 0 Å². The second kappa shape index (κ2) is 4.44. The molecule has 0 aromatic rings. The maximum Gasteiger partial charge on any atom is 0.328 e. The van der Waals surface area contributed by atoms with Gasteiger partial charge in [-0.3, -0.25) is 20.2 Å². The van der Waals surface area contributed by atoms with Gasteiger partial charge in [-0.1, -0.05) is 6.92 Å². The number of aliphatic hydroxyl groups is 1. The Morgan fingerprint density at radius 2 is 1.65 bits per heavy atom. The Kier molecular flexibility index (Phi) is 3.56. The van der Waals surface area contributed by atoms with Crippen molar-refractivity contribution in [3.63, 3.8) is 0 Å². The Hall–Kier alpha value is -1.43. The third-order valence-corrected chi connectivity index (χ3v) is 3.09. The van der Waals surface area contributed by atoms with Crippen LogP contribution in [0, 0.1) is 5.41 Å². The first-order valence-electron chi connectivity index (χ1n) is 5.60. The van der Waals surface area contributed by atoms with Crippen LogP contribution in [0.1, 0.15) is 40.0 Å². The van der Waals surface area contributed by atoms with Crippen molar-refractivity contribution in [1.29, 1.82) is 0 Å². The molecule has 3 N–H and O–H groups in total. The van der Waals surface area contributed by atoms with E-state index < -0.39 is 28.9 Å². The fourth-order valence-corrected chi connectivity index (χ4v) is 1.82. The molecule has 4 amide bonds. The fraction of sp³-hybridized carbons (Fsp3) is 0.727. The minimum Gasteiger partial charge on any atom is -0.390 e. The van der Waals surface area contributed by atoms with Crippen LogP contribution in [0.25, 0.3) is 0 Å². The van der Waals surface area contributed by atoms with Gasteiger partial charge in [0, 0.05) is 0 Å². The Balaban J connectivity index is 2.90. The molecule has 96 valence electrons. The number of urea groups is 1. The summed E-state index contributed by atoms with van der Waals surface area (Å²) in [5.74, 6) is -1.17. The lowest BCUT2D eigenvalue weighted by Gasteiger charge is -2.34. The molecule has 0 spiro atoms. The minimum absolute atomic E-state index is 0.206. The number of hydrogen-bond acceptors (Lipinski definition) is 4. The van der Waals surface area contributed by atoms with Gasteiger partial charge in [0.25, 0.3) is 0 Å². The molecular weight excluding hydrogens is 224 g/mol. The van der Waals surface area contributed by atoms with Crippen molar-refractivity contribution in [3.8, 4) is 0 Å². The molecule has 0 atom stereocenters. The zero-order chi connectivity index (χ0) is 13.3. The Labute approximate surface area is 99.8 Å². The molecule has 0 aliphatic carbocycles. The summed E-state index contributed by atoms with van der Waals surface area (Å²) in [6, 6.07) is -0.785. The normalized spacial score (nSPS) is 19.9. The SMILES string of the molecule is CCC1(CCC(C)(C)O)C(=O)NC(=O)NC1=O. The average molecular weight is 242 g/mol. The van der Waals surface area contributed by atoms with E-state index in [2.05, 4.69) is 10.6 Å². The molecule has 1 aliphatic heterocycles. The van der Waals surface area contributed by atoms with E-state index in [1.807, 2.05) is 0 Å². The van der Waals surface area contributed by atoms with Gasteiger partial charge in [-0.05, 0) is 33.1 Å². The van der Waals surface area contributed by atoms with Crippen molar-refractivity contribution in [2.75, 3.05) is 0 Å². The maximum atomic E-state index is 11.8. The summed E-state index contributed by atoms with van der Waals surface area (Å²) in [7, 11) is 0. The first-order chi connectivity index (χ1) is 7.71. The Morgan fingerprint density at radius 3 is 2.00 bits per heavy atom. The summed E-state index contributed by atoms with van der Waals surface area (Å²) in [6.45, 7) is 4.93. The molecule has 0 aromatic carbocycles. The van der Waals surface area contributed by atoms with Crippen molar-refractivity contribution >= 4 is 17.8 Å². The smallest absolute Gasteiger partial charge is 0.328 e. The maximum absolute atomic E-state index is 11.8. The molecule has 6 heteroatoms. The highest BCUT2D eigenvalue weighted by molar-refractivity contribution is 6.19. The summed E-state index contributed by atoms with van der Waals surface area (Å²) in [5, 5.41) is 13.8. The number of barbiturate groups is 1. The lowest BCUT2D eigenvalue weighted by atomic mass is 9.75. The van der Waals surface area contributed by atoms with Gasteiger partial charge in [0.2, 0.25) is 11.8 Å². The van der Waals surface area contributed by atoms with E-state index in [0.29, 0.717) is 6.42 Å². The number of carbonyl (C=O) groups excluding carboxylic acids is 3. The summed E-state index contributed by atoms with van der Waals surface area (Å²) >= 11 is 0.